The second-order valence-electron chi connectivity index (χ2n) is 4.68. The molecule has 0 aliphatic carbocycles. The van der Waals surface area contributed by atoms with E-state index in [0.717, 1.165) is 19.2 Å². The van der Waals surface area contributed by atoms with Crippen LogP contribution in [-0.4, -0.2) is 22.6 Å². The van der Waals surface area contributed by atoms with Crippen molar-refractivity contribution >= 4 is 22.6 Å². The summed E-state index contributed by atoms with van der Waals surface area (Å²) < 4.78 is 15.1. The Morgan fingerprint density at radius 3 is 2.74 bits per heavy atom. The van der Waals surface area contributed by atoms with Gasteiger partial charge < -0.3 is 14.9 Å². The van der Waals surface area contributed by atoms with E-state index < -0.39 is 16.9 Å². The number of benzene rings is 1. The molecule has 3 rings (SSSR count). The first-order chi connectivity index (χ1) is 9.06. The standard InChI is InChI=1S/C12H11ClFN3O2/c13-7-1-8(14)10-9(2-7)17(5-6-3-15-4-6)12(19)11(18)16-10/h1-2,6,15H,3-5H2,(H,16,18). The number of nitrogens with zero attached hydrogens (tertiary/aromatic N) is 1. The van der Waals surface area contributed by atoms with Crippen LogP contribution in [0.4, 0.5) is 4.39 Å². The number of hydrogen-bond acceptors (Lipinski definition) is 3. The van der Waals surface area contributed by atoms with Crippen LogP contribution in [0.2, 0.25) is 5.02 Å². The van der Waals surface area contributed by atoms with Crippen molar-refractivity contribution in [2.75, 3.05) is 13.1 Å². The summed E-state index contributed by atoms with van der Waals surface area (Å²) in [6, 6.07) is 2.60. The smallest absolute Gasteiger partial charge is 0.316 e. The Morgan fingerprint density at radius 2 is 2.11 bits per heavy atom. The maximum Gasteiger partial charge on any atom is 0.316 e. The molecule has 1 saturated heterocycles. The molecule has 0 amide bonds. The van der Waals surface area contributed by atoms with Crippen molar-refractivity contribution in [1.29, 1.82) is 0 Å². The molecule has 0 unspecified atom stereocenters. The van der Waals surface area contributed by atoms with Crippen LogP contribution in [-0.2, 0) is 6.54 Å². The Hall–Kier alpha value is -1.66. The molecule has 0 spiro atoms. The van der Waals surface area contributed by atoms with Crippen LogP contribution in [0.3, 0.4) is 0 Å². The van der Waals surface area contributed by atoms with Crippen LogP contribution in [0.25, 0.3) is 11.0 Å². The molecule has 0 saturated carbocycles. The highest BCUT2D eigenvalue weighted by molar-refractivity contribution is 6.31. The van der Waals surface area contributed by atoms with Crippen molar-refractivity contribution in [2.45, 2.75) is 6.54 Å². The van der Waals surface area contributed by atoms with E-state index in [1.807, 2.05) is 0 Å². The predicted octanol–water partition coefficient (Wildman–Crippen LogP) is 0.702. The molecule has 2 aromatic rings. The summed E-state index contributed by atoms with van der Waals surface area (Å²) >= 11 is 5.81. The van der Waals surface area contributed by atoms with Gasteiger partial charge in [-0.3, -0.25) is 9.59 Å². The number of hydrogen-bond donors (Lipinski definition) is 2. The first-order valence-corrected chi connectivity index (χ1v) is 6.26. The topological polar surface area (TPSA) is 66.9 Å². The SMILES string of the molecule is O=c1[nH]c2c(F)cc(Cl)cc2n(CC2CNC2)c1=O. The largest absolute Gasteiger partial charge is 0.316 e. The third-order valence-corrected chi connectivity index (χ3v) is 3.53. The minimum atomic E-state index is -0.819. The highest BCUT2D eigenvalue weighted by atomic mass is 35.5. The number of H-pyrrole nitrogens is 1. The molecule has 1 aliphatic rings. The molecule has 0 atom stereocenters. The van der Waals surface area contributed by atoms with Crippen LogP contribution in [0.1, 0.15) is 0 Å². The van der Waals surface area contributed by atoms with Gasteiger partial charge in [-0.05, 0) is 12.1 Å². The lowest BCUT2D eigenvalue weighted by atomic mass is 10.0. The number of nitrogens with one attached hydrogen (secondary N) is 2. The normalized spacial score (nSPS) is 15.7. The monoisotopic (exact) mass is 283 g/mol. The first kappa shape index (κ1) is 12.4. The molecule has 7 heteroatoms. The van der Waals surface area contributed by atoms with Crippen LogP contribution in [0, 0.1) is 11.7 Å². The molecule has 1 aromatic heterocycles. The van der Waals surface area contributed by atoms with Gasteiger partial charge in [0.15, 0.2) is 0 Å². The minimum Gasteiger partial charge on any atom is -0.316 e. The molecule has 0 bridgehead atoms. The summed E-state index contributed by atoms with van der Waals surface area (Å²) in [5.41, 5.74) is -1.16. The van der Waals surface area contributed by atoms with Crippen LogP contribution in [0.5, 0.6) is 0 Å². The minimum absolute atomic E-state index is 0.0151. The predicted molar refractivity (Wildman–Crippen MR) is 70.2 cm³/mol. The van der Waals surface area contributed by atoms with Gasteiger partial charge >= 0.3 is 11.1 Å². The third kappa shape index (κ3) is 2.06. The zero-order chi connectivity index (χ0) is 13.6. The van der Waals surface area contributed by atoms with Gasteiger partial charge in [-0.25, -0.2) is 4.39 Å². The second-order valence-corrected chi connectivity index (χ2v) is 5.11. The Balaban J connectivity index is 2.29. The lowest BCUT2D eigenvalue weighted by Gasteiger charge is -2.28. The van der Waals surface area contributed by atoms with Crippen molar-refractivity contribution in [1.82, 2.24) is 14.9 Å². The number of rotatable bonds is 2. The fourth-order valence-electron chi connectivity index (χ4n) is 2.21. The molecule has 0 radical (unpaired) electrons. The molecule has 2 heterocycles. The summed E-state index contributed by atoms with van der Waals surface area (Å²) in [6.07, 6.45) is 0. The molecule has 1 aliphatic heterocycles. The van der Waals surface area contributed by atoms with Crippen molar-refractivity contribution in [3.05, 3.63) is 43.7 Å². The molecule has 1 aromatic carbocycles. The number of halogens is 2. The molecular formula is C12H11ClFN3O2. The average Bonchev–Trinajstić information content (AvgIpc) is 2.29. The zero-order valence-electron chi connectivity index (χ0n) is 9.87. The summed E-state index contributed by atoms with van der Waals surface area (Å²) in [6.45, 7) is 1.94. The maximum absolute atomic E-state index is 13.8. The molecule has 100 valence electrons. The first-order valence-electron chi connectivity index (χ1n) is 5.89. The highest BCUT2D eigenvalue weighted by Crippen LogP contribution is 2.20. The summed E-state index contributed by atoms with van der Waals surface area (Å²) in [5.74, 6) is -0.371. The van der Waals surface area contributed by atoms with Gasteiger partial charge in [0, 0.05) is 30.6 Å². The fraction of sp³-hybridized carbons (Fsp3) is 0.333. The Kier molecular flexibility index (Phi) is 2.91. The summed E-state index contributed by atoms with van der Waals surface area (Å²) in [5, 5.41) is 3.28. The second kappa shape index (κ2) is 4.47. The van der Waals surface area contributed by atoms with E-state index in [0.29, 0.717) is 12.1 Å². The molecule has 19 heavy (non-hydrogen) atoms. The Labute approximate surface area is 112 Å². The average molecular weight is 284 g/mol. The summed E-state index contributed by atoms with van der Waals surface area (Å²) in [4.78, 5) is 25.8. The Morgan fingerprint density at radius 1 is 1.37 bits per heavy atom. The molecular weight excluding hydrogens is 273 g/mol. The third-order valence-electron chi connectivity index (χ3n) is 3.31. The number of fused-ring (bicyclic) bond motifs is 1. The van der Waals surface area contributed by atoms with Crippen molar-refractivity contribution in [3.8, 4) is 0 Å². The van der Waals surface area contributed by atoms with Gasteiger partial charge in [0.05, 0.1) is 5.52 Å². The van der Waals surface area contributed by atoms with E-state index in [-0.39, 0.29) is 16.5 Å². The van der Waals surface area contributed by atoms with Crippen molar-refractivity contribution in [3.63, 3.8) is 0 Å². The van der Waals surface area contributed by atoms with Crippen LogP contribution >= 0.6 is 11.6 Å². The maximum atomic E-state index is 13.8. The quantitative estimate of drug-likeness (QED) is 0.798. The van der Waals surface area contributed by atoms with E-state index >= 15 is 0 Å². The van der Waals surface area contributed by atoms with E-state index in [1.165, 1.54) is 10.6 Å². The van der Waals surface area contributed by atoms with Gasteiger partial charge in [0.2, 0.25) is 0 Å². The van der Waals surface area contributed by atoms with Gasteiger partial charge in [-0.1, -0.05) is 11.6 Å². The highest BCUT2D eigenvalue weighted by Gasteiger charge is 2.20. The van der Waals surface area contributed by atoms with Gasteiger partial charge in [-0.2, -0.15) is 0 Å². The van der Waals surface area contributed by atoms with E-state index in [4.69, 9.17) is 11.6 Å². The van der Waals surface area contributed by atoms with Gasteiger partial charge in [0.25, 0.3) is 0 Å². The van der Waals surface area contributed by atoms with E-state index in [1.54, 1.807) is 0 Å². The lowest BCUT2D eigenvalue weighted by molar-refractivity contribution is 0.306. The van der Waals surface area contributed by atoms with Crippen LogP contribution < -0.4 is 16.4 Å². The fourth-order valence-corrected chi connectivity index (χ4v) is 2.41. The Bertz CT molecular complexity index is 764. The van der Waals surface area contributed by atoms with Crippen LogP contribution in [0.15, 0.2) is 21.7 Å². The number of aromatic nitrogens is 2. The molecule has 2 N–H and O–H groups in total. The van der Waals surface area contributed by atoms with E-state index in [2.05, 4.69) is 10.3 Å². The molecule has 1 fully saturated rings. The van der Waals surface area contributed by atoms with Gasteiger partial charge in [-0.15, -0.1) is 0 Å². The zero-order valence-corrected chi connectivity index (χ0v) is 10.6. The number of aromatic amines is 1. The summed E-state index contributed by atoms with van der Waals surface area (Å²) in [7, 11) is 0. The van der Waals surface area contributed by atoms with Crippen molar-refractivity contribution < 1.29 is 4.39 Å². The molecule has 5 nitrogen and oxygen atoms in total. The van der Waals surface area contributed by atoms with Crippen molar-refractivity contribution in [2.24, 2.45) is 5.92 Å². The van der Waals surface area contributed by atoms with Gasteiger partial charge in [0.1, 0.15) is 11.3 Å². The lowest BCUT2D eigenvalue weighted by Crippen LogP contribution is -2.47. The van der Waals surface area contributed by atoms with E-state index in [9.17, 15) is 14.0 Å².